The summed E-state index contributed by atoms with van der Waals surface area (Å²) in [6, 6.07) is 7.71. The summed E-state index contributed by atoms with van der Waals surface area (Å²) in [7, 11) is -0.750. The average molecular weight is 255 g/mol. The molecule has 1 rings (SSSR count). The first-order valence-electron chi connectivity index (χ1n) is 6.03. The molecule has 2 N–H and O–H groups in total. The number of hydrogen-bond acceptors (Lipinski definition) is 3. The SMILES string of the molecule is CCCCS(=O)CCOc1cccc(CN)c1. The number of ether oxygens (including phenoxy) is 1. The minimum Gasteiger partial charge on any atom is -0.493 e. The van der Waals surface area contributed by atoms with Gasteiger partial charge in [0.05, 0.1) is 12.4 Å². The molecule has 0 bridgehead atoms. The van der Waals surface area contributed by atoms with Crippen molar-refractivity contribution in [1.29, 1.82) is 0 Å². The third kappa shape index (κ3) is 5.84. The Labute approximate surface area is 106 Å². The molecule has 0 aromatic heterocycles. The monoisotopic (exact) mass is 255 g/mol. The van der Waals surface area contributed by atoms with Crippen molar-refractivity contribution in [2.45, 2.75) is 26.3 Å². The van der Waals surface area contributed by atoms with Gasteiger partial charge in [-0.05, 0) is 24.1 Å². The third-order valence-electron chi connectivity index (χ3n) is 2.44. The van der Waals surface area contributed by atoms with E-state index < -0.39 is 10.8 Å². The molecule has 0 heterocycles. The van der Waals surface area contributed by atoms with Crippen molar-refractivity contribution in [3.63, 3.8) is 0 Å². The summed E-state index contributed by atoms with van der Waals surface area (Å²) in [6.45, 7) is 3.12. The molecule has 0 radical (unpaired) electrons. The fraction of sp³-hybridized carbons (Fsp3) is 0.538. The topological polar surface area (TPSA) is 52.3 Å². The van der Waals surface area contributed by atoms with Crippen LogP contribution in [0.2, 0.25) is 0 Å². The highest BCUT2D eigenvalue weighted by atomic mass is 32.2. The van der Waals surface area contributed by atoms with Crippen LogP contribution in [0.15, 0.2) is 24.3 Å². The van der Waals surface area contributed by atoms with Crippen molar-refractivity contribution < 1.29 is 8.95 Å². The molecule has 1 atom stereocenters. The van der Waals surface area contributed by atoms with Gasteiger partial charge in [-0.1, -0.05) is 25.5 Å². The molecule has 0 saturated carbocycles. The lowest BCUT2D eigenvalue weighted by molar-refractivity contribution is 0.342. The van der Waals surface area contributed by atoms with Crippen LogP contribution in [0, 0.1) is 0 Å². The zero-order valence-electron chi connectivity index (χ0n) is 10.4. The van der Waals surface area contributed by atoms with Crippen LogP contribution in [-0.2, 0) is 17.3 Å². The Balaban J connectivity index is 2.28. The number of rotatable bonds is 8. The maximum Gasteiger partial charge on any atom is 0.119 e. The van der Waals surface area contributed by atoms with Crippen molar-refractivity contribution in [3.8, 4) is 5.75 Å². The molecule has 0 aliphatic rings. The van der Waals surface area contributed by atoms with Crippen molar-refractivity contribution in [2.24, 2.45) is 5.73 Å². The number of nitrogens with two attached hydrogens (primary N) is 1. The van der Waals surface area contributed by atoms with Gasteiger partial charge in [0.15, 0.2) is 0 Å². The van der Waals surface area contributed by atoms with E-state index in [1.54, 1.807) is 0 Å². The van der Waals surface area contributed by atoms with Crippen LogP contribution in [0.1, 0.15) is 25.3 Å². The minimum atomic E-state index is -0.750. The fourth-order valence-corrected chi connectivity index (χ4v) is 2.51. The summed E-state index contributed by atoms with van der Waals surface area (Å²) in [4.78, 5) is 0. The van der Waals surface area contributed by atoms with Crippen molar-refractivity contribution in [2.75, 3.05) is 18.1 Å². The smallest absolute Gasteiger partial charge is 0.119 e. The molecule has 0 aliphatic heterocycles. The van der Waals surface area contributed by atoms with E-state index in [1.165, 1.54) is 0 Å². The Kier molecular flexibility index (Phi) is 6.89. The van der Waals surface area contributed by atoms with Gasteiger partial charge in [-0.25, -0.2) is 0 Å². The van der Waals surface area contributed by atoms with Crippen LogP contribution < -0.4 is 10.5 Å². The molecule has 4 heteroatoms. The first-order valence-corrected chi connectivity index (χ1v) is 7.52. The molecule has 17 heavy (non-hydrogen) atoms. The lowest BCUT2D eigenvalue weighted by atomic mass is 10.2. The minimum absolute atomic E-state index is 0.504. The maximum absolute atomic E-state index is 11.5. The molecule has 0 spiro atoms. The van der Waals surface area contributed by atoms with Gasteiger partial charge >= 0.3 is 0 Å². The van der Waals surface area contributed by atoms with Crippen LogP contribution in [-0.4, -0.2) is 22.3 Å². The van der Waals surface area contributed by atoms with E-state index in [9.17, 15) is 4.21 Å². The maximum atomic E-state index is 11.5. The van der Waals surface area contributed by atoms with Gasteiger partial charge < -0.3 is 10.5 Å². The molecule has 0 fully saturated rings. The van der Waals surface area contributed by atoms with E-state index in [-0.39, 0.29) is 0 Å². The van der Waals surface area contributed by atoms with Gasteiger partial charge in [0, 0.05) is 23.1 Å². The quantitative estimate of drug-likeness (QED) is 0.773. The second-order valence-corrected chi connectivity index (χ2v) is 5.60. The van der Waals surface area contributed by atoms with Gasteiger partial charge in [-0.15, -0.1) is 0 Å². The molecule has 3 nitrogen and oxygen atoms in total. The Morgan fingerprint density at radius 1 is 1.35 bits per heavy atom. The van der Waals surface area contributed by atoms with Crippen LogP contribution in [0.25, 0.3) is 0 Å². The van der Waals surface area contributed by atoms with Crippen molar-refractivity contribution in [3.05, 3.63) is 29.8 Å². The zero-order chi connectivity index (χ0) is 12.5. The molecule has 1 aromatic carbocycles. The zero-order valence-corrected chi connectivity index (χ0v) is 11.2. The highest BCUT2D eigenvalue weighted by Gasteiger charge is 2.00. The molecule has 1 unspecified atom stereocenters. The Bertz CT molecular complexity index is 355. The van der Waals surface area contributed by atoms with Crippen molar-refractivity contribution >= 4 is 10.8 Å². The second-order valence-electron chi connectivity index (χ2n) is 3.90. The van der Waals surface area contributed by atoms with E-state index in [2.05, 4.69) is 6.92 Å². The first kappa shape index (κ1) is 14.2. The third-order valence-corrected chi connectivity index (χ3v) is 3.81. The summed E-state index contributed by atoms with van der Waals surface area (Å²) >= 11 is 0. The van der Waals surface area contributed by atoms with E-state index in [1.807, 2.05) is 24.3 Å². The molecule has 0 aliphatic carbocycles. The highest BCUT2D eigenvalue weighted by Crippen LogP contribution is 2.12. The summed E-state index contributed by atoms with van der Waals surface area (Å²) in [5, 5.41) is 0. The summed E-state index contributed by atoms with van der Waals surface area (Å²) in [5.74, 6) is 2.19. The van der Waals surface area contributed by atoms with Crippen LogP contribution >= 0.6 is 0 Å². The summed E-state index contributed by atoms with van der Waals surface area (Å²) in [5.41, 5.74) is 6.60. The number of benzene rings is 1. The van der Waals surface area contributed by atoms with E-state index in [0.717, 1.165) is 29.9 Å². The van der Waals surface area contributed by atoms with Gasteiger partial charge in [-0.3, -0.25) is 4.21 Å². The molecule has 0 amide bonds. The predicted molar refractivity (Wildman–Crippen MR) is 72.6 cm³/mol. The van der Waals surface area contributed by atoms with Crippen molar-refractivity contribution in [1.82, 2.24) is 0 Å². The summed E-state index contributed by atoms with van der Waals surface area (Å²) < 4.78 is 17.1. The summed E-state index contributed by atoms with van der Waals surface area (Å²) in [6.07, 6.45) is 2.11. The van der Waals surface area contributed by atoms with Gasteiger partial charge in [0.2, 0.25) is 0 Å². The Morgan fingerprint density at radius 3 is 2.88 bits per heavy atom. The molecule has 96 valence electrons. The van der Waals surface area contributed by atoms with Gasteiger partial charge in [0.25, 0.3) is 0 Å². The first-order chi connectivity index (χ1) is 8.26. The Hall–Kier alpha value is -0.870. The Morgan fingerprint density at radius 2 is 2.18 bits per heavy atom. The molecule has 1 aromatic rings. The van der Waals surface area contributed by atoms with Gasteiger partial charge in [0.1, 0.15) is 5.75 Å². The van der Waals surface area contributed by atoms with E-state index in [4.69, 9.17) is 10.5 Å². The second kappa shape index (κ2) is 8.25. The van der Waals surface area contributed by atoms with Crippen LogP contribution in [0.3, 0.4) is 0 Å². The molecular weight excluding hydrogens is 234 g/mol. The number of unbranched alkanes of at least 4 members (excludes halogenated alkanes) is 1. The normalized spacial score (nSPS) is 12.4. The largest absolute Gasteiger partial charge is 0.493 e. The molecular formula is C13H21NO2S. The van der Waals surface area contributed by atoms with E-state index >= 15 is 0 Å². The number of hydrogen-bond donors (Lipinski definition) is 1. The fourth-order valence-electron chi connectivity index (χ4n) is 1.42. The molecule has 0 saturated heterocycles. The standard InChI is InChI=1S/C13H21NO2S/c1-2-3-8-17(15)9-7-16-13-6-4-5-12(10-13)11-14/h4-6,10H,2-3,7-9,11,14H2,1H3. The lowest BCUT2D eigenvalue weighted by Gasteiger charge is -2.07. The average Bonchev–Trinajstić information content (AvgIpc) is 2.36. The predicted octanol–water partition coefficient (Wildman–Crippen LogP) is 2.07. The highest BCUT2D eigenvalue weighted by molar-refractivity contribution is 7.84. The van der Waals surface area contributed by atoms with Crippen LogP contribution in [0.5, 0.6) is 5.75 Å². The lowest BCUT2D eigenvalue weighted by Crippen LogP contribution is -2.11. The van der Waals surface area contributed by atoms with Crippen LogP contribution in [0.4, 0.5) is 0 Å². The van der Waals surface area contributed by atoms with Gasteiger partial charge in [-0.2, -0.15) is 0 Å². The van der Waals surface area contributed by atoms with E-state index in [0.29, 0.717) is 18.9 Å².